The van der Waals surface area contributed by atoms with Crippen molar-refractivity contribution < 1.29 is 21.9 Å². The molecule has 162 valence electrons. The van der Waals surface area contributed by atoms with Gasteiger partial charge in [-0.2, -0.15) is 12.1 Å². The molecule has 1 aliphatic rings. The van der Waals surface area contributed by atoms with Crippen molar-refractivity contribution in [2.45, 2.75) is 19.0 Å². The van der Waals surface area contributed by atoms with Gasteiger partial charge in [-0.3, -0.25) is 14.7 Å². The van der Waals surface area contributed by atoms with Crippen LogP contribution >= 0.6 is 0 Å². The smallest absolute Gasteiger partial charge is 0.224 e. The number of rotatable bonds is 3. The molecule has 5 rings (SSSR count). The Bertz CT molecular complexity index is 1050. The first-order valence-electron chi connectivity index (χ1n) is 10.1. The van der Waals surface area contributed by atoms with Crippen LogP contribution in [0.5, 0.6) is 0 Å². The van der Waals surface area contributed by atoms with Gasteiger partial charge in [0.15, 0.2) is 0 Å². The Balaban J connectivity index is 0.000000401. The monoisotopic (exact) mass is 448 g/mol. The minimum Gasteiger partial charge on any atom is -0.748 e. The Hall–Kier alpha value is -3.20. The second-order valence-corrected chi connectivity index (χ2v) is 7.19. The molecule has 4 heteroatoms. The Morgan fingerprint density at radius 1 is 0.806 bits per heavy atom. The number of amidine groups is 1. The molecule has 0 aromatic heterocycles. The summed E-state index contributed by atoms with van der Waals surface area (Å²) in [7, 11) is 0. The van der Waals surface area contributed by atoms with Crippen LogP contribution in [0.3, 0.4) is 0 Å². The molecule has 4 aromatic rings. The van der Waals surface area contributed by atoms with Crippen molar-refractivity contribution in [1.82, 2.24) is 4.90 Å². The Morgan fingerprint density at radius 3 is 1.77 bits per heavy atom. The first-order valence-corrected chi connectivity index (χ1v) is 10.1. The molecule has 0 aliphatic carbocycles. The second-order valence-electron chi connectivity index (χ2n) is 7.19. The third-order valence-corrected chi connectivity index (χ3v) is 5.16. The van der Waals surface area contributed by atoms with Gasteiger partial charge in [-0.05, 0) is 11.1 Å². The van der Waals surface area contributed by atoms with Gasteiger partial charge in [0.2, 0.25) is 5.91 Å². The van der Waals surface area contributed by atoms with E-state index < -0.39 is 0 Å². The minimum absolute atomic E-state index is 0. The van der Waals surface area contributed by atoms with Gasteiger partial charge in [-0.15, -0.1) is 0 Å². The number of hydrogen-bond acceptors (Lipinski definition) is 2. The molecule has 1 heterocycles. The van der Waals surface area contributed by atoms with Crippen molar-refractivity contribution in [3.05, 3.63) is 132 Å². The molecule has 0 saturated carbocycles. The SMILES string of the molecule is CC(=O)N1C([c-]2cccc2)=NC(c2ccccc2)C1c1ccccc1.[Fe].[cH-]1[cH-][cH-][cH-][cH-]1. The first kappa shape index (κ1) is 22.5. The molecule has 2 atom stereocenters. The Labute approximate surface area is 194 Å². The number of hydrogen-bond donors (Lipinski definition) is 0. The number of benzene rings is 2. The average Bonchev–Trinajstić information content (AvgIpc) is 3.57. The van der Waals surface area contributed by atoms with Gasteiger partial charge >= 0.3 is 0 Å². The van der Waals surface area contributed by atoms with Crippen LogP contribution in [0.4, 0.5) is 0 Å². The van der Waals surface area contributed by atoms with Crippen molar-refractivity contribution >= 4 is 11.7 Å². The van der Waals surface area contributed by atoms with Crippen LogP contribution in [-0.2, 0) is 21.9 Å². The van der Waals surface area contributed by atoms with Crippen LogP contribution in [0.2, 0.25) is 0 Å². The average molecular weight is 448 g/mol. The van der Waals surface area contributed by atoms with E-state index >= 15 is 0 Å². The van der Waals surface area contributed by atoms with Crippen LogP contribution in [0.25, 0.3) is 0 Å². The van der Waals surface area contributed by atoms with Gasteiger partial charge in [0.1, 0.15) is 6.04 Å². The van der Waals surface area contributed by atoms with Gasteiger partial charge in [-0.1, -0.05) is 66.2 Å². The maximum atomic E-state index is 12.6. The fourth-order valence-corrected chi connectivity index (χ4v) is 3.83. The van der Waals surface area contributed by atoms with E-state index in [4.69, 9.17) is 4.99 Å². The largest absolute Gasteiger partial charge is 0.748 e. The van der Waals surface area contributed by atoms with Crippen molar-refractivity contribution in [3.8, 4) is 0 Å². The van der Waals surface area contributed by atoms with E-state index in [1.54, 1.807) is 6.92 Å². The van der Waals surface area contributed by atoms with Gasteiger partial charge in [0.05, 0.1) is 11.9 Å². The van der Waals surface area contributed by atoms with E-state index in [1.807, 2.05) is 95.9 Å². The topological polar surface area (TPSA) is 32.7 Å². The molecule has 31 heavy (non-hydrogen) atoms. The van der Waals surface area contributed by atoms with Gasteiger partial charge in [-0.25, -0.2) is 12.1 Å². The minimum atomic E-state index is -0.133. The summed E-state index contributed by atoms with van der Waals surface area (Å²) in [4.78, 5) is 19.4. The van der Waals surface area contributed by atoms with Crippen LogP contribution < -0.4 is 0 Å². The van der Waals surface area contributed by atoms with Crippen molar-refractivity contribution in [1.29, 1.82) is 0 Å². The third kappa shape index (κ3) is 5.11. The number of nitrogens with zero attached hydrogens (tertiary/aromatic N) is 2. The molecule has 0 spiro atoms. The number of carbonyl (C=O) groups is 1. The molecule has 0 fully saturated rings. The normalized spacial score (nSPS) is 17.2. The van der Waals surface area contributed by atoms with Crippen LogP contribution in [-0.4, -0.2) is 16.6 Å². The van der Waals surface area contributed by atoms with Gasteiger partial charge in [0.25, 0.3) is 0 Å². The van der Waals surface area contributed by atoms with Crippen molar-refractivity contribution in [2.24, 2.45) is 4.99 Å². The number of carbonyl (C=O) groups excluding carboxylic acids is 1. The Kier molecular flexibility index (Phi) is 7.77. The van der Waals surface area contributed by atoms with E-state index in [-0.39, 0.29) is 35.1 Å². The van der Waals surface area contributed by atoms with Crippen molar-refractivity contribution in [3.63, 3.8) is 0 Å². The standard InChI is InChI=1S/C22H19N2O.C5H5.Fe/c1-16(25)24-21(18-12-6-3-7-13-18)20(17-10-4-2-5-11-17)23-22(24)19-14-8-9-15-19;1-2-4-5-3-1;/h2-15,20-21H,1H3;1-5H;/q-1;-5;. The Morgan fingerprint density at radius 2 is 1.29 bits per heavy atom. The molecule has 1 aliphatic heterocycles. The summed E-state index contributed by atoms with van der Waals surface area (Å²) in [6.07, 6.45) is 0. The van der Waals surface area contributed by atoms with E-state index in [1.165, 1.54) is 0 Å². The molecule has 0 bridgehead atoms. The molecular weight excluding hydrogens is 424 g/mol. The number of amides is 1. The molecule has 0 N–H and O–H groups in total. The predicted molar refractivity (Wildman–Crippen MR) is 121 cm³/mol. The predicted octanol–water partition coefficient (Wildman–Crippen LogP) is 5.90. The zero-order valence-electron chi connectivity index (χ0n) is 17.3. The molecule has 1 amide bonds. The quantitative estimate of drug-likeness (QED) is 0.284. The van der Waals surface area contributed by atoms with Crippen molar-refractivity contribution in [2.75, 3.05) is 0 Å². The summed E-state index contributed by atoms with van der Waals surface area (Å²) in [6.45, 7) is 1.61. The molecule has 0 radical (unpaired) electrons. The summed E-state index contributed by atoms with van der Waals surface area (Å²) in [5.74, 6) is 0.757. The maximum Gasteiger partial charge on any atom is 0.224 e. The van der Waals surface area contributed by atoms with E-state index in [0.717, 1.165) is 22.5 Å². The fraction of sp³-hybridized carbons (Fsp3) is 0.111. The van der Waals surface area contributed by atoms with Gasteiger partial charge in [0, 0.05) is 24.0 Å². The van der Waals surface area contributed by atoms with Crippen LogP contribution in [0.1, 0.15) is 35.7 Å². The summed E-state index contributed by atoms with van der Waals surface area (Å²) in [6, 6.07) is 38.1. The number of aliphatic imine (C=N–C) groups is 1. The summed E-state index contributed by atoms with van der Waals surface area (Å²) >= 11 is 0. The zero-order valence-corrected chi connectivity index (χ0v) is 18.4. The van der Waals surface area contributed by atoms with Crippen LogP contribution in [0.15, 0.2) is 120 Å². The molecule has 0 saturated heterocycles. The molecular formula is C27H24FeN2O-6. The second kappa shape index (κ2) is 10.7. The fourth-order valence-electron chi connectivity index (χ4n) is 3.83. The third-order valence-electron chi connectivity index (χ3n) is 5.16. The summed E-state index contributed by atoms with van der Waals surface area (Å²) in [5, 5.41) is 0. The summed E-state index contributed by atoms with van der Waals surface area (Å²) in [5.41, 5.74) is 3.19. The first-order chi connectivity index (χ1) is 14.8. The van der Waals surface area contributed by atoms with Gasteiger partial charge < -0.3 is 30.3 Å². The molecule has 2 unspecified atom stereocenters. The zero-order chi connectivity index (χ0) is 20.8. The van der Waals surface area contributed by atoms with E-state index in [9.17, 15) is 4.79 Å². The molecule has 4 aromatic carbocycles. The van der Waals surface area contributed by atoms with E-state index in [0.29, 0.717) is 0 Å². The summed E-state index contributed by atoms with van der Waals surface area (Å²) < 4.78 is 0. The molecule has 3 nitrogen and oxygen atoms in total. The van der Waals surface area contributed by atoms with E-state index in [2.05, 4.69) is 24.3 Å². The van der Waals surface area contributed by atoms with Crippen LogP contribution in [0, 0.1) is 0 Å². The maximum absolute atomic E-state index is 12.6.